The minimum absolute atomic E-state index is 0.519. The van der Waals surface area contributed by atoms with Crippen LogP contribution in [-0.4, -0.2) is 9.97 Å². The van der Waals surface area contributed by atoms with E-state index in [1.165, 1.54) is 0 Å². The van der Waals surface area contributed by atoms with Crippen LogP contribution in [-0.2, 0) is 13.0 Å². The summed E-state index contributed by atoms with van der Waals surface area (Å²) in [6, 6.07) is 3.90. The normalized spacial score (nSPS) is 10.7. The van der Waals surface area contributed by atoms with Crippen molar-refractivity contribution in [3.8, 4) is 0 Å². The second kappa shape index (κ2) is 6.55. The molecule has 2 aromatic rings. The van der Waals surface area contributed by atoms with Gasteiger partial charge in [0.1, 0.15) is 16.8 Å². The molecule has 0 saturated carbocycles. The van der Waals surface area contributed by atoms with E-state index in [0.717, 1.165) is 39.3 Å². The quantitative estimate of drug-likeness (QED) is 0.811. The van der Waals surface area contributed by atoms with Crippen LogP contribution in [0.15, 0.2) is 12.1 Å². The van der Waals surface area contributed by atoms with Gasteiger partial charge in [0.15, 0.2) is 0 Å². The highest BCUT2D eigenvalue weighted by molar-refractivity contribution is 7.16. The predicted molar refractivity (Wildman–Crippen MR) is 82.4 cm³/mol. The van der Waals surface area contributed by atoms with Crippen LogP contribution in [0.1, 0.15) is 29.6 Å². The minimum Gasteiger partial charge on any atom is -0.365 e. The second-order valence-electron chi connectivity index (χ2n) is 4.21. The fraction of sp³-hybridized carbons (Fsp3) is 0.385. The molecule has 0 radical (unpaired) electrons. The highest BCUT2D eigenvalue weighted by atomic mass is 35.5. The number of nitrogens with one attached hydrogen (secondary N) is 1. The van der Waals surface area contributed by atoms with E-state index in [9.17, 15) is 0 Å². The van der Waals surface area contributed by atoms with Crippen molar-refractivity contribution in [3.63, 3.8) is 0 Å². The standard InChI is InChI=1S/C13H15Cl2N3S/c1-3-4-11-17-12(15)8(2)13(18-11)16-7-9-5-6-10(14)19-9/h5-6H,3-4,7H2,1-2H3,(H,16,17,18). The molecule has 0 unspecified atom stereocenters. The predicted octanol–water partition coefficient (Wildman–Crippen LogP) is 4.72. The number of aromatic nitrogens is 2. The number of hydrogen-bond acceptors (Lipinski definition) is 4. The number of halogens is 2. The summed E-state index contributed by atoms with van der Waals surface area (Å²) in [5.74, 6) is 1.58. The molecule has 0 aliphatic rings. The Kier molecular flexibility index (Phi) is 5.02. The summed E-state index contributed by atoms with van der Waals surface area (Å²) >= 11 is 13.6. The molecule has 2 heterocycles. The summed E-state index contributed by atoms with van der Waals surface area (Å²) in [5.41, 5.74) is 0.879. The van der Waals surface area contributed by atoms with E-state index in [-0.39, 0.29) is 0 Å². The molecule has 0 spiro atoms. The van der Waals surface area contributed by atoms with Crippen molar-refractivity contribution in [3.05, 3.63) is 37.9 Å². The lowest BCUT2D eigenvalue weighted by atomic mass is 10.3. The zero-order chi connectivity index (χ0) is 13.8. The van der Waals surface area contributed by atoms with E-state index in [2.05, 4.69) is 22.2 Å². The van der Waals surface area contributed by atoms with Gasteiger partial charge in [-0.1, -0.05) is 30.1 Å². The average molecular weight is 316 g/mol. The zero-order valence-corrected chi connectivity index (χ0v) is 13.2. The average Bonchev–Trinajstić information content (AvgIpc) is 2.78. The fourth-order valence-electron chi connectivity index (χ4n) is 1.66. The van der Waals surface area contributed by atoms with Crippen LogP contribution < -0.4 is 5.32 Å². The topological polar surface area (TPSA) is 37.8 Å². The van der Waals surface area contributed by atoms with E-state index < -0.39 is 0 Å². The molecular formula is C13H15Cl2N3S. The first-order chi connectivity index (χ1) is 9.10. The minimum atomic E-state index is 0.519. The van der Waals surface area contributed by atoms with Crippen molar-refractivity contribution >= 4 is 40.4 Å². The molecule has 6 heteroatoms. The van der Waals surface area contributed by atoms with Crippen molar-refractivity contribution in [2.75, 3.05) is 5.32 Å². The van der Waals surface area contributed by atoms with E-state index in [1.54, 1.807) is 11.3 Å². The second-order valence-corrected chi connectivity index (χ2v) is 6.37. The third kappa shape index (κ3) is 3.81. The van der Waals surface area contributed by atoms with Gasteiger partial charge in [0.25, 0.3) is 0 Å². The maximum atomic E-state index is 6.13. The molecule has 2 aromatic heterocycles. The van der Waals surface area contributed by atoms with E-state index in [4.69, 9.17) is 23.2 Å². The number of nitrogens with zero attached hydrogens (tertiary/aromatic N) is 2. The molecule has 0 amide bonds. The van der Waals surface area contributed by atoms with Gasteiger partial charge in [-0.3, -0.25) is 0 Å². The Bertz CT molecular complexity index is 569. The van der Waals surface area contributed by atoms with Gasteiger partial charge >= 0.3 is 0 Å². The van der Waals surface area contributed by atoms with Gasteiger partial charge in [-0.15, -0.1) is 11.3 Å². The van der Waals surface area contributed by atoms with E-state index in [0.29, 0.717) is 11.7 Å². The molecule has 0 aromatic carbocycles. The molecule has 0 fully saturated rings. The van der Waals surface area contributed by atoms with Gasteiger partial charge in [0.05, 0.1) is 10.9 Å². The Morgan fingerprint density at radius 3 is 2.68 bits per heavy atom. The highest BCUT2D eigenvalue weighted by Gasteiger charge is 2.09. The zero-order valence-electron chi connectivity index (χ0n) is 10.8. The summed E-state index contributed by atoms with van der Waals surface area (Å²) in [5, 5.41) is 3.82. The molecule has 0 saturated heterocycles. The smallest absolute Gasteiger partial charge is 0.137 e. The van der Waals surface area contributed by atoms with Crippen LogP contribution in [0.25, 0.3) is 0 Å². The highest BCUT2D eigenvalue weighted by Crippen LogP contribution is 2.24. The van der Waals surface area contributed by atoms with Crippen LogP contribution in [0.5, 0.6) is 0 Å². The van der Waals surface area contributed by atoms with Crippen molar-refractivity contribution < 1.29 is 0 Å². The molecule has 102 valence electrons. The van der Waals surface area contributed by atoms with E-state index >= 15 is 0 Å². The lowest BCUT2D eigenvalue weighted by molar-refractivity contribution is 0.830. The Labute approximate surface area is 127 Å². The Balaban J connectivity index is 2.14. The van der Waals surface area contributed by atoms with Crippen molar-refractivity contribution in [2.45, 2.75) is 33.2 Å². The Morgan fingerprint density at radius 1 is 1.26 bits per heavy atom. The summed E-state index contributed by atoms with van der Waals surface area (Å²) in [6.45, 7) is 4.71. The lowest BCUT2D eigenvalue weighted by Gasteiger charge is -2.10. The maximum Gasteiger partial charge on any atom is 0.137 e. The number of thiophene rings is 1. The molecule has 1 N–H and O–H groups in total. The molecule has 3 nitrogen and oxygen atoms in total. The first-order valence-electron chi connectivity index (χ1n) is 6.11. The fourth-order valence-corrected chi connectivity index (χ4v) is 2.87. The van der Waals surface area contributed by atoms with Crippen molar-refractivity contribution in [2.24, 2.45) is 0 Å². The summed E-state index contributed by atoms with van der Waals surface area (Å²) < 4.78 is 0.793. The molecule has 0 bridgehead atoms. The van der Waals surface area contributed by atoms with Gasteiger partial charge in [-0.25, -0.2) is 9.97 Å². The largest absolute Gasteiger partial charge is 0.365 e. The molecule has 0 atom stereocenters. The number of hydrogen-bond donors (Lipinski definition) is 1. The van der Waals surface area contributed by atoms with Crippen molar-refractivity contribution in [1.29, 1.82) is 0 Å². The summed E-state index contributed by atoms with van der Waals surface area (Å²) in [7, 11) is 0. The maximum absolute atomic E-state index is 6.13. The molecule has 2 rings (SSSR count). The van der Waals surface area contributed by atoms with Crippen LogP contribution >= 0.6 is 34.5 Å². The van der Waals surface area contributed by atoms with Crippen LogP contribution in [0, 0.1) is 6.92 Å². The molecule has 0 aliphatic carbocycles. The van der Waals surface area contributed by atoms with Crippen LogP contribution in [0.3, 0.4) is 0 Å². The lowest BCUT2D eigenvalue weighted by Crippen LogP contribution is -2.06. The number of aryl methyl sites for hydroxylation is 1. The van der Waals surface area contributed by atoms with Gasteiger partial charge in [-0.05, 0) is 25.5 Å². The molecule has 19 heavy (non-hydrogen) atoms. The number of anilines is 1. The first-order valence-corrected chi connectivity index (χ1v) is 7.68. The van der Waals surface area contributed by atoms with Gasteiger partial charge in [0, 0.05) is 16.9 Å². The van der Waals surface area contributed by atoms with Crippen molar-refractivity contribution in [1.82, 2.24) is 9.97 Å². The van der Waals surface area contributed by atoms with Gasteiger partial charge in [0.2, 0.25) is 0 Å². The third-order valence-corrected chi connectivity index (χ3v) is 4.26. The Morgan fingerprint density at radius 2 is 2.05 bits per heavy atom. The van der Waals surface area contributed by atoms with Crippen LogP contribution in [0.2, 0.25) is 9.49 Å². The summed E-state index contributed by atoms with van der Waals surface area (Å²) in [4.78, 5) is 9.95. The first kappa shape index (κ1) is 14.6. The van der Waals surface area contributed by atoms with E-state index in [1.807, 2.05) is 19.1 Å². The summed E-state index contributed by atoms with van der Waals surface area (Å²) in [6.07, 6.45) is 1.83. The van der Waals surface area contributed by atoms with Crippen LogP contribution in [0.4, 0.5) is 5.82 Å². The molecule has 0 aliphatic heterocycles. The number of rotatable bonds is 5. The van der Waals surface area contributed by atoms with Gasteiger partial charge in [-0.2, -0.15) is 0 Å². The molecular weight excluding hydrogens is 301 g/mol. The van der Waals surface area contributed by atoms with Gasteiger partial charge < -0.3 is 5.32 Å². The Hall–Kier alpha value is -0.840. The monoisotopic (exact) mass is 315 g/mol. The third-order valence-electron chi connectivity index (χ3n) is 2.67. The SMILES string of the molecule is CCCc1nc(Cl)c(C)c(NCc2ccc(Cl)s2)n1.